The lowest BCUT2D eigenvalue weighted by Gasteiger charge is -2.03. The number of nitrogens with zero attached hydrogens (tertiary/aromatic N) is 1. The van der Waals surface area contributed by atoms with Crippen molar-refractivity contribution < 1.29 is 9.90 Å². The Bertz CT molecular complexity index is 258. The second-order valence-electron chi connectivity index (χ2n) is 1.98. The van der Waals surface area contributed by atoms with Gasteiger partial charge in [-0.25, -0.2) is 0 Å². The molecule has 0 spiro atoms. The van der Waals surface area contributed by atoms with E-state index in [1.54, 1.807) is 6.92 Å². The summed E-state index contributed by atoms with van der Waals surface area (Å²) in [7, 11) is 0. The van der Waals surface area contributed by atoms with Gasteiger partial charge in [-0.1, -0.05) is 0 Å². The number of carbonyl (C=O) groups excluding carboxylic acids is 1. The molecule has 0 aliphatic rings. The standard InChI is InChI=1S/C7H7NO2/c1-5-4-8-3-2-6(5)7(9)10/h2-4H,1H3,(H,9,10)/p-1. The maximum atomic E-state index is 10.3. The van der Waals surface area contributed by atoms with Gasteiger partial charge < -0.3 is 9.90 Å². The van der Waals surface area contributed by atoms with E-state index in [9.17, 15) is 9.90 Å². The van der Waals surface area contributed by atoms with Crippen molar-refractivity contribution in [3.63, 3.8) is 0 Å². The highest BCUT2D eigenvalue weighted by molar-refractivity contribution is 5.87. The molecule has 0 aromatic carbocycles. The van der Waals surface area contributed by atoms with E-state index in [0.29, 0.717) is 5.56 Å². The van der Waals surface area contributed by atoms with Gasteiger partial charge >= 0.3 is 0 Å². The molecular formula is C7H6NO2-. The van der Waals surface area contributed by atoms with Gasteiger partial charge in [0, 0.05) is 18.0 Å². The Labute approximate surface area is 58.3 Å². The van der Waals surface area contributed by atoms with Gasteiger partial charge in [0.05, 0.1) is 5.97 Å². The molecule has 3 heteroatoms. The number of pyridine rings is 1. The molecule has 1 aromatic heterocycles. The highest BCUT2D eigenvalue weighted by Gasteiger charge is 1.95. The van der Waals surface area contributed by atoms with Crippen molar-refractivity contribution in [1.82, 2.24) is 4.98 Å². The maximum Gasteiger partial charge on any atom is 0.0719 e. The van der Waals surface area contributed by atoms with Crippen LogP contribution in [0.15, 0.2) is 18.5 Å². The van der Waals surface area contributed by atoms with E-state index in [2.05, 4.69) is 4.98 Å². The third-order valence-electron chi connectivity index (χ3n) is 1.24. The van der Waals surface area contributed by atoms with Gasteiger partial charge in [0.15, 0.2) is 0 Å². The molecule has 0 radical (unpaired) electrons. The van der Waals surface area contributed by atoms with Crippen molar-refractivity contribution >= 4 is 5.97 Å². The van der Waals surface area contributed by atoms with Gasteiger partial charge in [-0.15, -0.1) is 0 Å². The first kappa shape index (κ1) is 6.74. The van der Waals surface area contributed by atoms with Gasteiger partial charge in [0.2, 0.25) is 0 Å². The van der Waals surface area contributed by atoms with E-state index < -0.39 is 5.97 Å². The van der Waals surface area contributed by atoms with Crippen molar-refractivity contribution in [2.75, 3.05) is 0 Å². The summed E-state index contributed by atoms with van der Waals surface area (Å²) in [6, 6.07) is 1.42. The highest BCUT2D eigenvalue weighted by atomic mass is 16.4. The number of carboxylic acids is 1. The van der Waals surface area contributed by atoms with Crippen LogP contribution in [-0.2, 0) is 0 Å². The fraction of sp³-hybridized carbons (Fsp3) is 0.143. The average molecular weight is 136 g/mol. The molecule has 0 bridgehead atoms. The van der Waals surface area contributed by atoms with Crippen molar-refractivity contribution in [3.8, 4) is 0 Å². The molecule has 1 aromatic rings. The van der Waals surface area contributed by atoms with Crippen LogP contribution in [0.4, 0.5) is 0 Å². The average Bonchev–Trinajstić information content (AvgIpc) is 1.88. The molecule has 0 saturated carbocycles. The Balaban J connectivity index is 3.15. The summed E-state index contributed by atoms with van der Waals surface area (Å²) >= 11 is 0. The molecule has 0 aliphatic carbocycles. The lowest BCUT2D eigenvalue weighted by molar-refractivity contribution is -0.255. The minimum atomic E-state index is -1.15. The van der Waals surface area contributed by atoms with E-state index in [0.717, 1.165) is 0 Å². The maximum absolute atomic E-state index is 10.3. The minimum Gasteiger partial charge on any atom is -0.545 e. The van der Waals surface area contributed by atoms with Crippen LogP contribution in [0.3, 0.4) is 0 Å². The molecule has 0 N–H and O–H groups in total. The van der Waals surface area contributed by atoms with Crippen LogP contribution in [0.1, 0.15) is 15.9 Å². The smallest absolute Gasteiger partial charge is 0.0719 e. The van der Waals surface area contributed by atoms with E-state index >= 15 is 0 Å². The Morgan fingerprint density at radius 2 is 2.40 bits per heavy atom. The lowest BCUT2D eigenvalue weighted by atomic mass is 10.2. The van der Waals surface area contributed by atoms with Crippen molar-refractivity contribution in [1.29, 1.82) is 0 Å². The van der Waals surface area contributed by atoms with E-state index in [1.807, 2.05) is 0 Å². The topological polar surface area (TPSA) is 53.0 Å². The summed E-state index contributed by atoms with van der Waals surface area (Å²) < 4.78 is 0. The van der Waals surface area contributed by atoms with Crippen LogP contribution in [0, 0.1) is 6.92 Å². The van der Waals surface area contributed by atoms with Crippen LogP contribution in [0.5, 0.6) is 0 Å². The summed E-state index contributed by atoms with van der Waals surface area (Å²) in [5.41, 5.74) is 0.831. The Morgan fingerprint density at radius 1 is 1.70 bits per heavy atom. The van der Waals surface area contributed by atoms with Crippen molar-refractivity contribution in [2.45, 2.75) is 6.92 Å². The molecule has 0 fully saturated rings. The zero-order valence-electron chi connectivity index (χ0n) is 5.50. The first-order valence-electron chi connectivity index (χ1n) is 2.84. The number of hydrogen-bond acceptors (Lipinski definition) is 3. The molecule has 3 nitrogen and oxygen atoms in total. The lowest BCUT2D eigenvalue weighted by Crippen LogP contribution is -2.23. The third-order valence-corrected chi connectivity index (χ3v) is 1.24. The van der Waals surface area contributed by atoms with Gasteiger partial charge in [-0.05, 0) is 18.6 Å². The van der Waals surface area contributed by atoms with Crippen LogP contribution in [0.2, 0.25) is 0 Å². The monoisotopic (exact) mass is 136 g/mol. The van der Waals surface area contributed by atoms with E-state index in [-0.39, 0.29) is 5.56 Å². The fourth-order valence-corrected chi connectivity index (χ4v) is 0.702. The number of aromatic nitrogens is 1. The van der Waals surface area contributed by atoms with Gasteiger partial charge in [-0.2, -0.15) is 0 Å². The zero-order chi connectivity index (χ0) is 7.56. The predicted octanol–water partition coefficient (Wildman–Crippen LogP) is -0.246. The normalized spacial score (nSPS) is 9.30. The van der Waals surface area contributed by atoms with E-state index in [1.165, 1.54) is 18.5 Å². The van der Waals surface area contributed by atoms with Crippen LogP contribution in [0.25, 0.3) is 0 Å². The summed E-state index contributed by atoms with van der Waals surface area (Å²) in [5.74, 6) is -1.15. The zero-order valence-corrected chi connectivity index (χ0v) is 5.50. The third kappa shape index (κ3) is 1.13. The molecular weight excluding hydrogens is 130 g/mol. The Hall–Kier alpha value is -1.38. The molecule has 0 unspecified atom stereocenters. The molecule has 10 heavy (non-hydrogen) atoms. The number of carbonyl (C=O) groups is 1. The summed E-state index contributed by atoms with van der Waals surface area (Å²) in [5, 5.41) is 10.3. The number of hydrogen-bond donors (Lipinski definition) is 0. The molecule has 1 heterocycles. The summed E-state index contributed by atoms with van der Waals surface area (Å²) in [6.07, 6.45) is 2.92. The quantitative estimate of drug-likeness (QED) is 0.535. The molecule has 0 amide bonds. The van der Waals surface area contributed by atoms with Gasteiger partial charge in [0.25, 0.3) is 0 Å². The van der Waals surface area contributed by atoms with E-state index in [4.69, 9.17) is 0 Å². The SMILES string of the molecule is Cc1cnccc1C(=O)[O-]. The molecule has 0 aliphatic heterocycles. The predicted molar refractivity (Wildman–Crippen MR) is 33.3 cm³/mol. The second-order valence-corrected chi connectivity index (χ2v) is 1.98. The fourth-order valence-electron chi connectivity index (χ4n) is 0.702. The number of carboxylic acid groups (broad SMARTS) is 1. The van der Waals surface area contributed by atoms with Gasteiger partial charge in [0.1, 0.15) is 0 Å². The first-order chi connectivity index (χ1) is 4.72. The second kappa shape index (κ2) is 2.47. The van der Waals surface area contributed by atoms with Crippen molar-refractivity contribution in [2.24, 2.45) is 0 Å². The number of rotatable bonds is 1. The van der Waals surface area contributed by atoms with Crippen LogP contribution < -0.4 is 5.11 Å². The largest absolute Gasteiger partial charge is 0.545 e. The summed E-state index contributed by atoms with van der Waals surface area (Å²) in [6.45, 7) is 1.68. The summed E-state index contributed by atoms with van der Waals surface area (Å²) in [4.78, 5) is 14.0. The number of aromatic carboxylic acids is 1. The van der Waals surface area contributed by atoms with Crippen molar-refractivity contribution in [3.05, 3.63) is 29.6 Å². The van der Waals surface area contributed by atoms with Gasteiger partial charge in [-0.3, -0.25) is 4.98 Å². The molecule has 1 rings (SSSR count). The number of aryl methyl sites for hydroxylation is 1. The molecule has 0 saturated heterocycles. The Morgan fingerprint density at radius 3 is 2.80 bits per heavy atom. The highest BCUT2D eigenvalue weighted by Crippen LogP contribution is 2.01. The van der Waals surface area contributed by atoms with Crippen LogP contribution >= 0.6 is 0 Å². The van der Waals surface area contributed by atoms with Crippen LogP contribution in [-0.4, -0.2) is 11.0 Å². The minimum absolute atomic E-state index is 0.204. The molecule has 0 atom stereocenters. The Kier molecular flexibility index (Phi) is 1.67. The first-order valence-corrected chi connectivity index (χ1v) is 2.84. The molecule has 52 valence electrons.